The maximum absolute atomic E-state index is 5.56. The molecule has 0 amide bonds. The van der Waals surface area contributed by atoms with Gasteiger partial charge in [-0.1, -0.05) is 17.4 Å². The van der Waals surface area contributed by atoms with Crippen molar-refractivity contribution in [1.29, 1.82) is 0 Å². The Balaban J connectivity index is 1.92. The summed E-state index contributed by atoms with van der Waals surface area (Å²) in [6, 6.07) is 4.07. The maximum atomic E-state index is 5.56. The molecule has 0 radical (unpaired) electrons. The summed E-state index contributed by atoms with van der Waals surface area (Å²) in [5.74, 6) is 0.953. The molecule has 0 fully saturated rings. The summed E-state index contributed by atoms with van der Waals surface area (Å²) in [7, 11) is 0. The van der Waals surface area contributed by atoms with Crippen LogP contribution in [0.4, 0.5) is 5.13 Å². The average molecular weight is 263 g/mol. The van der Waals surface area contributed by atoms with Crippen molar-refractivity contribution in [3.8, 4) is 10.7 Å². The van der Waals surface area contributed by atoms with Gasteiger partial charge < -0.3 is 10.3 Å². The van der Waals surface area contributed by atoms with Crippen molar-refractivity contribution >= 4 is 27.8 Å². The molecular formula is C10H9N5S2. The van der Waals surface area contributed by atoms with Crippen molar-refractivity contribution in [2.24, 2.45) is 0 Å². The first-order valence-electron chi connectivity index (χ1n) is 4.96. The van der Waals surface area contributed by atoms with Crippen LogP contribution < -0.4 is 5.73 Å². The topological polar surface area (TPSA) is 69.6 Å². The molecule has 3 heterocycles. The number of nitrogen functional groups attached to an aromatic ring is 1. The smallest absolute Gasteiger partial charge is 0.203 e. The van der Waals surface area contributed by atoms with Gasteiger partial charge in [-0.25, -0.2) is 4.98 Å². The molecular weight excluding hydrogens is 254 g/mol. The van der Waals surface area contributed by atoms with E-state index in [2.05, 4.69) is 21.2 Å². The lowest BCUT2D eigenvalue weighted by Gasteiger charge is -2.02. The minimum atomic E-state index is 0.498. The highest BCUT2D eigenvalue weighted by molar-refractivity contribution is 7.15. The lowest BCUT2D eigenvalue weighted by Crippen LogP contribution is -1.99. The molecule has 3 aromatic heterocycles. The summed E-state index contributed by atoms with van der Waals surface area (Å²) in [5.41, 5.74) is 5.56. The van der Waals surface area contributed by atoms with Gasteiger partial charge in [0.15, 0.2) is 0 Å². The van der Waals surface area contributed by atoms with E-state index >= 15 is 0 Å². The third-order valence-corrected chi connectivity index (χ3v) is 3.85. The first-order valence-corrected chi connectivity index (χ1v) is 6.65. The first-order chi connectivity index (χ1) is 8.33. The Kier molecular flexibility index (Phi) is 2.62. The molecule has 0 unspecified atom stereocenters. The Bertz CT molecular complexity index is 610. The van der Waals surface area contributed by atoms with Gasteiger partial charge in [0, 0.05) is 12.4 Å². The summed E-state index contributed by atoms with van der Waals surface area (Å²) < 4.78 is 2.05. The van der Waals surface area contributed by atoms with E-state index in [-0.39, 0.29) is 0 Å². The van der Waals surface area contributed by atoms with E-state index in [0.717, 1.165) is 15.7 Å². The largest absolute Gasteiger partial charge is 0.374 e. The van der Waals surface area contributed by atoms with E-state index in [1.54, 1.807) is 17.5 Å². The summed E-state index contributed by atoms with van der Waals surface area (Å²) in [6.07, 6.45) is 3.73. The summed E-state index contributed by atoms with van der Waals surface area (Å²) in [4.78, 5) is 5.51. The van der Waals surface area contributed by atoms with Crippen LogP contribution in [0.1, 0.15) is 5.01 Å². The van der Waals surface area contributed by atoms with Crippen LogP contribution in [0, 0.1) is 0 Å². The number of aromatic nitrogens is 4. The van der Waals surface area contributed by atoms with Gasteiger partial charge in [0.2, 0.25) is 5.13 Å². The molecule has 0 saturated heterocycles. The SMILES string of the molecule is Nc1nnc(Cn2ccnc2-c2cccs2)s1. The lowest BCUT2D eigenvalue weighted by atomic mass is 10.4. The third-order valence-electron chi connectivity index (χ3n) is 2.25. The van der Waals surface area contributed by atoms with Crippen molar-refractivity contribution in [1.82, 2.24) is 19.7 Å². The molecule has 0 aliphatic rings. The fourth-order valence-electron chi connectivity index (χ4n) is 1.54. The van der Waals surface area contributed by atoms with E-state index in [9.17, 15) is 0 Å². The minimum Gasteiger partial charge on any atom is -0.374 e. The number of anilines is 1. The molecule has 0 aliphatic heterocycles. The van der Waals surface area contributed by atoms with Crippen LogP contribution >= 0.6 is 22.7 Å². The van der Waals surface area contributed by atoms with Crippen LogP contribution in [0.25, 0.3) is 10.7 Å². The minimum absolute atomic E-state index is 0.498. The van der Waals surface area contributed by atoms with Gasteiger partial charge in [-0.3, -0.25) is 0 Å². The third kappa shape index (κ3) is 2.06. The highest BCUT2D eigenvalue weighted by Gasteiger charge is 2.09. The molecule has 5 nitrogen and oxygen atoms in total. The molecule has 0 atom stereocenters. The lowest BCUT2D eigenvalue weighted by molar-refractivity contribution is 0.787. The van der Waals surface area contributed by atoms with Crippen molar-refractivity contribution in [3.05, 3.63) is 34.9 Å². The fraction of sp³-hybridized carbons (Fsp3) is 0.100. The van der Waals surface area contributed by atoms with Crippen LogP contribution in [0.3, 0.4) is 0 Å². The predicted molar refractivity (Wildman–Crippen MR) is 69.0 cm³/mol. The van der Waals surface area contributed by atoms with Gasteiger partial charge in [-0.2, -0.15) is 0 Å². The van der Waals surface area contributed by atoms with Gasteiger partial charge in [0.1, 0.15) is 10.8 Å². The second-order valence-electron chi connectivity index (χ2n) is 3.39. The predicted octanol–water partition coefficient (Wildman–Crippen LogP) is 2.09. The monoisotopic (exact) mass is 263 g/mol. The van der Waals surface area contributed by atoms with E-state index in [1.165, 1.54) is 11.3 Å². The Labute approximate surface area is 106 Å². The average Bonchev–Trinajstić information content (AvgIpc) is 3.00. The summed E-state index contributed by atoms with van der Waals surface area (Å²) in [5, 5.41) is 11.2. The van der Waals surface area contributed by atoms with Gasteiger partial charge >= 0.3 is 0 Å². The molecule has 0 aliphatic carbocycles. The molecule has 0 spiro atoms. The number of rotatable bonds is 3. The zero-order valence-corrected chi connectivity index (χ0v) is 10.4. The van der Waals surface area contributed by atoms with Crippen LogP contribution in [0.2, 0.25) is 0 Å². The summed E-state index contributed by atoms with van der Waals surface area (Å²) in [6.45, 7) is 0.655. The fourth-order valence-corrected chi connectivity index (χ4v) is 2.89. The second kappa shape index (κ2) is 4.27. The maximum Gasteiger partial charge on any atom is 0.203 e. The Morgan fingerprint density at radius 2 is 2.29 bits per heavy atom. The molecule has 3 aromatic rings. The van der Waals surface area contributed by atoms with E-state index in [1.807, 2.05) is 22.2 Å². The molecule has 2 N–H and O–H groups in total. The second-order valence-corrected chi connectivity index (χ2v) is 5.43. The molecule has 0 saturated carbocycles. The first kappa shape index (κ1) is 10.4. The number of hydrogen-bond acceptors (Lipinski definition) is 6. The Hall–Kier alpha value is -1.73. The number of nitrogens with zero attached hydrogens (tertiary/aromatic N) is 4. The quantitative estimate of drug-likeness (QED) is 0.785. The molecule has 0 aromatic carbocycles. The van der Waals surface area contributed by atoms with E-state index < -0.39 is 0 Å². The van der Waals surface area contributed by atoms with Crippen LogP contribution in [0.5, 0.6) is 0 Å². The Morgan fingerprint density at radius 3 is 3.00 bits per heavy atom. The number of thiophene rings is 1. The molecule has 17 heavy (non-hydrogen) atoms. The molecule has 7 heteroatoms. The molecule has 0 bridgehead atoms. The van der Waals surface area contributed by atoms with Gasteiger partial charge in [0.25, 0.3) is 0 Å². The molecule has 86 valence electrons. The van der Waals surface area contributed by atoms with E-state index in [4.69, 9.17) is 5.73 Å². The van der Waals surface area contributed by atoms with Crippen molar-refractivity contribution < 1.29 is 0 Å². The van der Waals surface area contributed by atoms with E-state index in [0.29, 0.717) is 11.7 Å². The highest BCUT2D eigenvalue weighted by Crippen LogP contribution is 2.24. The van der Waals surface area contributed by atoms with Crippen LogP contribution in [-0.4, -0.2) is 19.7 Å². The zero-order valence-electron chi connectivity index (χ0n) is 8.78. The summed E-state index contributed by atoms with van der Waals surface area (Å²) >= 11 is 3.07. The normalized spacial score (nSPS) is 10.8. The molecule has 3 rings (SSSR count). The van der Waals surface area contributed by atoms with Crippen molar-refractivity contribution in [3.63, 3.8) is 0 Å². The standard InChI is InChI=1S/C10H9N5S2/c11-10-14-13-8(17-10)6-15-4-3-12-9(15)7-2-1-5-16-7/h1-5H,6H2,(H2,11,14). The van der Waals surface area contributed by atoms with Gasteiger partial charge in [-0.15, -0.1) is 21.5 Å². The van der Waals surface area contributed by atoms with Crippen molar-refractivity contribution in [2.45, 2.75) is 6.54 Å². The Morgan fingerprint density at radius 1 is 1.35 bits per heavy atom. The zero-order chi connectivity index (χ0) is 11.7. The highest BCUT2D eigenvalue weighted by atomic mass is 32.1. The van der Waals surface area contributed by atoms with Gasteiger partial charge in [-0.05, 0) is 11.4 Å². The number of imidazole rings is 1. The van der Waals surface area contributed by atoms with Crippen LogP contribution in [0.15, 0.2) is 29.9 Å². The van der Waals surface area contributed by atoms with Gasteiger partial charge in [0.05, 0.1) is 11.4 Å². The van der Waals surface area contributed by atoms with Crippen molar-refractivity contribution in [2.75, 3.05) is 5.73 Å². The van der Waals surface area contributed by atoms with Crippen LogP contribution in [-0.2, 0) is 6.54 Å². The number of nitrogens with two attached hydrogens (primary N) is 1. The number of hydrogen-bond donors (Lipinski definition) is 1.